The van der Waals surface area contributed by atoms with E-state index in [9.17, 15) is 18.0 Å². The van der Waals surface area contributed by atoms with Gasteiger partial charge in [-0.3, -0.25) is 4.79 Å². The maximum absolute atomic E-state index is 12.1. The normalized spacial score (nSPS) is 30.6. The number of carbonyl (C=O) groups is 1. The zero-order chi connectivity index (χ0) is 9.35. The van der Waals surface area contributed by atoms with E-state index in [4.69, 9.17) is 5.11 Å². The van der Waals surface area contributed by atoms with Crippen LogP contribution in [0.1, 0.15) is 6.42 Å². The van der Waals surface area contributed by atoms with Crippen LogP contribution in [0.2, 0.25) is 0 Å². The van der Waals surface area contributed by atoms with Crippen molar-refractivity contribution >= 4 is 5.97 Å². The van der Waals surface area contributed by atoms with Crippen molar-refractivity contribution in [2.75, 3.05) is 6.54 Å². The van der Waals surface area contributed by atoms with Gasteiger partial charge in [-0.15, -0.1) is 0 Å². The minimum Gasteiger partial charge on any atom is -0.480 e. The van der Waals surface area contributed by atoms with Crippen molar-refractivity contribution < 1.29 is 23.1 Å². The van der Waals surface area contributed by atoms with Gasteiger partial charge in [0.05, 0.1) is 5.92 Å². The average Bonchev–Trinajstić information content (AvgIpc) is 2.30. The van der Waals surface area contributed by atoms with Gasteiger partial charge >= 0.3 is 12.1 Å². The van der Waals surface area contributed by atoms with Gasteiger partial charge in [0, 0.05) is 0 Å². The van der Waals surface area contributed by atoms with Gasteiger partial charge in [0.1, 0.15) is 6.04 Å². The minimum atomic E-state index is -4.41. The van der Waals surface area contributed by atoms with Crippen molar-refractivity contribution in [3.8, 4) is 0 Å². The molecule has 0 saturated carbocycles. The molecule has 0 aliphatic carbocycles. The highest BCUT2D eigenvalue weighted by Gasteiger charge is 2.49. The van der Waals surface area contributed by atoms with Crippen LogP contribution in [-0.2, 0) is 4.79 Å². The Hall–Kier alpha value is -0.780. The first-order valence-electron chi connectivity index (χ1n) is 3.46. The van der Waals surface area contributed by atoms with E-state index in [1.165, 1.54) is 0 Å². The molecule has 0 unspecified atom stereocenters. The van der Waals surface area contributed by atoms with Crippen LogP contribution in [0.5, 0.6) is 0 Å². The smallest absolute Gasteiger partial charge is 0.393 e. The number of halogens is 3. The Labute approximate surface area is 66.6 Å². The number of carboxylic acid groups (broad SMARTS) is 1. The number of carboxylic acids is 1. The molecule has 6 heteroatoms. The molecule has 70 valence electrons. The minimum absolute atomic E-state index is 0.112. The number of alkyl halides is 3. The number of nitrogens with one attached hydrogen (secondary N) is 1. The van der Waals surface area contributed by atoms with E-state index < -0.39 is 24.1 Å². The summed E-state index contributed by atoms with van der Waals surface area (Å²) in [6.07, 6.45) is -4.56. The topological polar surface area (TPSA) is 49.3 Å². The highest BCUT2D eigenvalue weighted by Crippen LogP contribution is 2.34. The second kappa shape index (κ2) is 2.93. The summed E-state index contributed by atoms with van der Waals surface area (Å²) in [6, 6.07) is -1.47. The Morgan fingerprint density at radius 3 is 2.42 bits per heavy atom. The van der Waals surface area contributed by atoms with Crippen molar-refractivity contribution in [1.82, 2.24) is 5.32 Å². The largest absolute Gasteiger partial charge is 0.480 e. The predicted octanol–water partition coefficient (Wildman–Crippen LogP) is 0.611. The maximum Gasteiger partial charge on any atom is 0.393 e. The molecule has 1 heterocycles. The summed E-state index contributed by atoms with van der Waals surface area (Å²) in [7, 11) is 0. The molecule has 0 radical (unpaired) electrons. The van der Waals surface area contributed by atoms with Gasteiger partial charge in [0.25, 0.3) is 0 Å². The van der Waals surface area contributed by atoms with E-state index in [1.807, 2.05) is 0 Å². The SMILES string of the molecule is O=C(O)[C@H]1NCC[C@H]1C(F)(F)F. The molecule has 2 N–H and O–H groups in total. The van der Waals surface area contributed by atoms with Gasteiger partial charge in [-0.25, -0.2) is 0 Å². The fourth-order valence-corrected chi connectivity index (χ4v) is 1.32. The van der Waals surface area contributed by atoms with Crippen LogP contribution in [0.3, 0.4) is 0 Å². The lowest BCUT2D eigenvalue weighted by atomic mass is 10.0. The highest BCUT2D eigenvalue weighted by atomic mass is 19.4. The lowest BCUT2D eigenvalue weighted by Gasteiger charge is -2.18. The van der Waals surface area contributed by atoms with Gasteiger partial charge in [0.2, 0.25) is 0 Å². The van der Waals surface area contributed by atoms with E-state index in [0.717, 1.165) is 0 Å². The molecule has 1 aliphatic rings. The van der Waals surface area contributed by atoms with Crippen molar-refractivity contribution in [3.63, 3.8) is 0 Å². The monoisotopic (exact) mass is 183 g/mol. The molecule has 1 aliphatic heterocycles. The highest BCUT2D eigenvalue weighted by molar-refractivity contribution is 5.74. The van der Waals surface area contributed by atoms with Crippen LogP contribution in [0.4, 0.5) is 13.2 Å². The first-order chi connectivity index (χ1) is 5.43. The van der Waals surface area contributed by atoms with Crippen molar-refractivity contribution in [2.24, 2.45) is 5.92 Å². The third kappa shape index (κ3) is 1.69. The summed E-state index contributed by atoms with van der Waals surface area (Å²) in [5, 5.41) is 10.7. The van der Waals surface area contributed by atoms with E-state index in [2.05, 4.69) is 5.32 Å². The Morgan fingerprint density at radius 1 is 1.50 bits per heavy atom. The maximum atomic E-state index is 12.1. The van der Waals surface area contributed by atoms with Gasteiger partial charge in [-0.2, -0.15) is 13.2 Å². The van der Waals surface area contributed by atoms with Gasteiger partial charge in [-0.1, -0.05) is 0 Å². The zero-order valence-corrected chi connectivity index (χ0v) is 6.06. The molecular weight excluding hydrogens is 175 g/mol. The Bertz CT molecular complexity index is 192. The fourth-order valence-electron chi connectivity index (χ4n) is 1.32. The first kappa shape index (κ1) is 9.31. The van der Waals surface area contributed by atoms with Crippen LogP contribution in [0.25, 0.3) is 0 Å². The quantitative estimate of drug-likeness (QED) is 0.626. The molecule has 1 saturated heterocycles. The Morgan fingerprint density at radius 2 is 2.08 bits per heavy atom. The third-order valence-corrected chi connectivity index (χ3v) is 1.91. The Kier molecular flexibility index (Phi) is 2.27. The number of hydrogen-bond acceptors (Lipinski definition) is 2. The third-order valence-electron chi connectivity index (χ3n) is 1.91. The summed E-state index contributed by atoms with van der Waals surface area (Å²) in [6.45, 7) is 0.112. The Balaban J connectivity index is 2.71. The molecule has 0 amide bonds. The van der Waals surface area contributed by atoms with E-state index in [-0.39, 0.29) is 13.0 Å². The van der Waals surface area contributed by atoms with E-state index in [1.54, 1.807) is 0 Å². The van der Waals surface area contributed by atoms with Crippen LogP contribution < -0.4 is 5.32 Å². The van der Waals surface area contributed by atoms with Crippen molar-refractivity contribution in [2.45, 2.75) is 18.6 Å². The summed E-state index contributed by atoms with van der Waals surface area (Å²) in [5.41, 5.74) is 0. The average molecular weight is 183 g/mol. The molecule has 0 aromatic rings. The van der Waals surface area contributed by atoms with Crippen LogP contribution in [0.15, 0.2) is 0 Å². The molecular formula is C6H8F3NO2. The van der Waals surface area contributed by atoms with Crippen LogP contribution in [-0.4, -0.2) is 29.8 Å². The van der Waals surface area contributed by atoms with E-state index >= 15 is 0 Å². The van der Waals surface area contributed by atoms with Crippen molar-refractivity contribution in [3.05, 3.63) is 0 Å². The zero-order valence-electron chi connectivity index (χ0n) is 6.06. The molecule has 0 spiro atoms. The summed E-state index contributed by atoms with van der Waals surface area (Å²) < 4.78 is 36.2. The second-order valence-corrected chi connectivity index (χ2v) is 2.71. The van der Waals surface area contributed by atoms with E-state index in [0.29, 0.717) is 0 Å². The number of hydrogen-bond donors (Lipinski definition) is 2. The number of aliphatic carboxylic acids is 1. The molecule has 1 fully saturated rings. The number of rotatable bonds is 1. The van der Waals surface area contributed by atoms with Crippen molar-refractivity contribution in [1.29, 1.82) is 0 Å². The standard InChI is InChI=1S/C6H8F3NO2/c7-6(8,9)3-1-2-10-4(3)5(11)12/h3-4,10H,1-2H2,(H,11,12)/t3-,4+/m1/s1. The summed E-state index contributed by atoms with van der Waals surface area (Å²) >= 11 is 0. The second-order valence-electron chi connectivity index (χ2n) is 2.71. The predicted molar refractivity (Wildman–Crippen MR) is 33.6 cm³/mol. The van der Waals surface area contributed by atoms with Gasteiger partial charge < -0.3 is 10.4 Å². The van der Waals surface area contributed by atoms with Crippen LogP contribution in [0, 0.1) is 5.92 Å². The molecule has 2 atom stereocenters. The lowest BCUT2D eigenvalue weighted by Crippen LogP contribution is -2.41. The van der Waals surface area contributed by atoms with Gasteiger partial charge in [-0.05, 0) is 13.0 Å². The first-order valence-corrected chi connectivity index (χ1v) is 3.46. The lowest BCUT2D eigenvalue weighted by molar-refractivity contribution is -0.183. The molecule has 0 bridgehead atoms. The summed E-state index contributed by atoms with van der Waals surface area (Å²) in [4.78, 5) is 10.3. The van der Waals surface area contributed by atoms with Crippen LogP contribution >= 0.6 is 0 Å². The molecule has 1 rings (SSSR count). The molecule has 0 aromatic heterocycles. The fraction of sp³-hybridized carbons (Fsp3) is 0.833. The molecule has 3 nitrogen and oxygen atoms in total. The molecule has 12 heavy (non-hydrogen) atoms. The summed E-state index contributed by atoms with van der Waals surface area (Å²) in [5.74, 6) is -3.18. The molecule has 0 aromatic carbocycles. The van der Waals surface area contributed by atoms with Gasteiger partial charge in [0.15, 0.2) is 0 Å².